The fraction of sp³-hybridized carbons (Fsp3) is 0.529. The van der Waals surface area contributed by atoms with Crippen LogP contribution in [0.1, 0.15) is 37.1 Å². The Hall–Kier alpha value is -1.46. The molecule has 1 amide bonds. The van der Waals surface area contributed by atoms with Gasteiger partial charge >= 0.3 is 0 Å². The molecule has 1 aromatic carbocycles. The molecule has 1 saturated heterocycles. The Balaban J connectivity index is 1.42. The van der Waals surface area contributed by atoms with E-state index in [1.807, 2.05) is 17.0 Å². The van der Waals surface area contributed by atoms with Crippen molar-refractivity contribution in [1.82, 2.24) is 9.88 Å². The quantitative estimate of drug-likeness (QED) is 0.863. The third kappa shape index (κ3) is 3.84. The zero-order valence-electron chi connectivity index (χ0n) is 12.8. The van der Waals surface area contributed by atoms with Crippen LogP contribution < -0.4 is 5.73 Å². The summed E-state index contributed by atoms with van der Waals surface area (Å²) in [6.07, 6.45) is 5.63. The molecule has 1 fully saturated rings. The lowest BCUT2D eigenvalue weighted by Crippen LogP contribution is -2.45. The van der Waals surface area contributed by atoms with Crippen molar-refractivity contribution in [3.8, 4) is 0 Å². The number of benzene rings is 1. The van der Waals surface area contributed by atoms with Crippen molar-refractivity contribution in [3.63, 3.8) is 0 Å². The van der Waals surface area contributed by atoms with Gasteiger partial charge in [0.2, 0.25) is 5.91 Å². The van der Waals surface area contributed by atoms with Crippen LogP contribution in [-0.4, -0.2) is 34.9 Å². The number of nitrogens with two attached hydrogens (primary N) is 1. The van der Waals surface area contributed by atoms with E-state index in [-0.39, 0.29) is 11.9 Å². The summed E-state index contributed by atoms with van der Waals surface area (Å²) in [5.41, 5.74) is 7.01. The van der Waals surface area contributed by atoms with Crippen LogP contribution in [0.4, 0.5) is 0 Å². The van der Waals surface area contributed by atoms with Crippen LogP contribution in [0.5, 0.6) is 0 Å². The molecule has 3 rings (SSSR count). The van der Waals surface area contributed by atoms with Crippen LogP contribution in [0.3, 0.4) is 0 Å². The Morgan fingerprint density at radius 3 is 3.05 bits per heavy atom. The summed E-state index contributed by atoms with van der Waals surface area (Å²) in [7, 11) is 0. The molecule has 0 spiro atoms. The Labute approximate surface area is 135 Å². The topological polar surface area (TPSA) is 59.2 Å². The lowest BCUT2D eigenvalue weighted by Gasteiger charge is -2.30. The molecule has 0 saturated carbocycles. The number of thiazole rings is 1. The van der Waals surface area contributed by atoms with Crippen LogP contribution in [0, 0.1) is 0 Å². The Kier molecular flexibility index (Phi) is 5.05. The molecule has 0 bridgehead atoms. The van der Waals surface area contributed by atoms with Gasteiger partial charge in [0.05, 0.1) is 15.2 Å². The fourth-order valence-corrected chi connectivity index (χ4v) is 3.98. The number of aryl methyl sites for hydroxylation is 1. The second-order valence-electron chi connectivity index (χ2n) is 6.02. The van der Waals surface area contributed by atoms with Gasteiger partial charge in [-0.25, -0.2) is 4.98 Å². The molecular formula is C17H23N3OS. The minimum absolute atomic E-state index is 0.167. The van der Waals surface area contributed by atoms with E-state index in [2.05, 4.69) is 17.1 Å². The maximum absolute atomic E-state index is 12.2. The zero-order valence-corrected chi connectivity index (χ0v) is 13.6. The van der Waals surface area contributed by atoms with Crippen LogP contribution in [0.2, 0.25) is 0 Å². The third-order valence-electron chi connectivity index (χ3n) is 4.18. The molecule has 0 radical (unpaired) electrons. The molecule has 22 heavy (non-hydrogen) atoms. The van der Waals surface area contributed by atoms with Crippen LogP contribution in [0.15, 0.2) is 24.3 Å². The monoisotopic (exact) mass is 317 g/mol. The lowest BCUT2D eigenvalue weighted by atomic mass is 10.1. The van der Waals surface area contributed by atoms with Crippen molar-refractivity contribution in [2.24, 2.45) is 5.73 Å². The number of likely N-dealkylation sites (tertiary alicyclic amines) is 1. The minimum atomic E-state index is 0.167. The summed E-state index contributed by atoms with van der Waals surface area (Å²) in [6, 6.07) is 8.40. The van der Waals surface area contributed by atoms with E-state index in [0.717, 1.165) is 50.7 Å². The minimum Gasteiger partial charge on any atom is -0.341 e. The molecule has 1 atom stereocenters. The highest BCUT2D eigenvalue weighted by atomic mass is 32.1. The van der Waals surface area contributed by atoms with Gasteiger partial charge in [0.15, 0.2) is 0 Å². The zero-order chi connectivity index (χ0) is 15.4. The molecular weight excluding hydrogens is 294 g/mol. The Bertz CT molecular complexity index is 607. The van der Waals surface area contributed by atoms with E-state index in [1.165, 1.54) is 9.71 Å². The molecule has 2 N–H and O–H groups in total. The molecule has 2 heterocycles. The Morgan fingerprint density at radius 1 is 1.36 bits per heavy atom. The average molecular weight is 317 g/mol. The van der Waals surface area contributed by atoms with Crippen molar-refractivity contribution in [2.75, 3.05) is 13.1 Å². The second-order valence-corrected chi connectivity index (χ2v) is 7.14. The maximum Gasteiger partial charge on any atom is 0.222 e. The number of para-hydroxylation sites is 1. The predicted octanol–water partition coefficient (Wildman–Crippen LogP) is 2.96. The van der Waals surface area contributed by atoms with Gasteiger partial charge in [-0.2, -0.15) is 0 Å². The van der Waals surface area contributed by atoms with E-state index >= 15 is 0 Å². The SMILES string of the molecule is NC1CCCN(C(=O)CCCCc2nc3ccccc3s2)C1. The van der Waals surface area contributed by atoms with Crippen LogP contribution >= 0.6 is 11.3 Å². The summed E-state index contributed by atoms with van der Waals surface area (Å²) in [6.45, 7) is 1.61. The van der Waals surface area contributed by atoms with Gasteiger partial charge in [-0.3, -0.25) is 4.79 Å². The van der Waals surface area contributed by atoms with Gasteiger partial charge in [-0.15, -0.1) is 11.3 Å². The molecule has 4 nitrogen and oxygen atoms in total. The standard InChI is InChI=1S/C17H23N3OS/c18-13-6-5-11-20(12-13)17(21)10-4-3-9-16-19-14-7-1-2-8-15(14)22-16/h1-2,7-8,13H,3-6,9-12,18H2. The third-order valence-corrected chi connectivity index (χ3v) is 5.28. The highest BCUT2D eigenvalue weighted by molar-refractivity contribution is 7.18. The summed E-state index contributed by atoms with van der Waals surface area (Å²) in [4.78, 5) is 18.7. The average Bonchev–Trinajstić information content (AvgIpc) is 2.94. The normalized spacial score (nSPS) is 18.8. The number of carbonyl (C=O) groups is 1. The van der Waals surface area contributed by atoms with E-state index in [4.69, 9.17) is 5.73 Å². The number of fused-ring (bicyclic) bond motifs is 1. The highest BCUT2D eigenvalue weighted by Gasteiger charge is 2.20. The van der Waals surface area contributed by atoms with Crippen molar-refractivity contribution in [1.29, 1.82) is 0 Å². The number of aromatic nitrogens is 1. The summed E-state index contributed by atoms with van der Waals surface area (Å²) in [5, 5.41) is 1.17. The molecule has 1 aromatic heterocycles. The summed E-state index contributed by atoms with van der Waals surface area (Å²) >= 11 is 1.76. The first kappa shape index (κ1) is 15.4. The van der Waals surface area contributed by atoms with Gasteiger partial charge in [0.1, 0.15) is 0 Å². The van der Waals surface area contributed by atoms with E-state index in [9.17, 15) is 4.79 Å². The number of piperidine rings is 1. The second kappa shape index (κ2) is 7.20. The van der Waals surface area contributed by atoms with Crippen molar-refractivity contribution >= 4 is 27.5 Å². The van der Waals surface area contributed by atoms with Gasteiger partial charge < -0.3 is 10.6 Å². The van der Waals surface area contributed by atoms with Crippen molar-refractivity contribution in [2.45, 2.75) is 44.6 Å². The number of hydrogen-bond acceptors (Lipinski definition) is 4. The first-order valence-electron chi connectivity index (χ1n) is 8.10. The first-order valence-corrected chi connectivity index (χ1v) is 8.92. The number of rotatable bonds is 5. The molecule has 1 aliphatic rings. The Morgan fingerprint density at radius 2 is 2.23 bits per heavy atom. The molecule has 2 aromatic rings. The number of unbranched alkanes of at least 4 members (excludes halogenated alkanes) is 1. The molecule has 5 heteroatoms. The lowest BCUT2D eigenvalue weighted by molar-refractivity contribution is -0.132. The molecule has 1 aliphatic heterocycles. The van der Waals surface area contributed by atoms with E-state index in [0.29, 0.717) is 6.42 Å². The van der Waals surface area contributed by atoms with Gasteiger partial charge in [0.25, 0.3) is 0 Å². The van der Waals surface area contributed by atoms with E-state index in [1.54, 1.807) is 11.3 Å². The summed E-state index contributed by atoms with van der Waals surface area (Å²) < 4.78 is 1.25. The van der Waals surface area contributed by atoms with Gasteiger partial charge in [0, 0.05) is 25.6 Å². The van der Waals surface area contributed by atoms with Gasteiger partial charge in [-0.1, -0.05) is 12.1 Å². The van der Waals surface area contributed by atoms with Crippen molar-refractivity contribution < 1.29 is 4.79 Å². The molecule has 1 unspecified atom stereocenters. The maximum atomic E-state index is 12.2. The van der Waals surface area contributed by atoms with Gasteiger partial charge in [-0.05, 0) is 44.2 Å². The van der Waals surface area contributed by atoms with Crippen LogP contribution in [-0.2, 0) is 11.2 Å². The van der Waals surface area contributed by atoms with Crippen molar-refractivity contribution in [3.05, 3.63) is 29.3 Å². The summed E-state index contributed by atoms with van der Waals surface area (Å²) in [5.74, 6) is 0.263. The number of hydrogen-bond donors (Lipinski definition) is 1. The number of carbonyl (C=O) groups excluding carboxylic acids is 1. The number of amides is 1. The first-order chi connectivity index (χ1) is 10.7. The number of nitrogens with zero attached hydrogens (tertiary/aromatic N) is 2. The predicted molar refractivity (Wildman–Crippen MR) is 91.0 cm³/mol. The highest BCUT2D eigenvalue weighted by Crippen LogP contribution is 2.23. The largest absolute Gasteiger partial charge is 0.341 e. The van der Waals surface area contributed by atoms with Crippen LogP contribution in [0.25, 0.3) is 10.2 Å². The molecule has 0 aliphatic carbocycles. The van der Waals surface area contributed by atoms with E-state index < -0.39 is 0 Å². The fourth-order valence-electron chi connectivity index (χ4n) is 2.97. The smallest absolute Gasteiger partial charge is 0.222 e. The molecule has 118 valence electrons.